The molecule has 9 aromatic carbocycles. The van der Waals surface area contributed by atoms with Crippen LogP contribution in [0.25, 0.3) is 110 Å². The molecule has 0 N–H and O–H groups in total. The molecule has 0 bridgehead atoms. The van der Waals surface area contributed by atoms with Crippen molar-refractivity contribution in [2.24, 2.45) is 0 Å². The van der Waals surface area contributed by atoms with Crippen LogP contribution in [0.4, 0.5) is 0 Å². The molecule has 0 aliphatic heterocycles. The SMILES string of the molecule is Cc1nc2c3[c-]cc(CCc4cc(CCc5c[c-]c6c(c5)c5ccccc5n5c(C)c(C)nc65)cc(-c5ccccc5-c5c[c-]c(-c6ccccn6)cc5-c5ccc(-c6ccccc6)cc5)c4)cc3c3ccccc3n2c1C.[Ir+3]. The number of nitrogens with zero attached hydrogens (tertiary/aromatic N) is 5. The number of benzene rings is 9. The fourth-order valence-electron chi connectivity index (χ4n) is 12.0. The van der Waals surface area contributed by atoms with Gasteiger partial charge in [0.15, 0.2) is 0 Å². The molecule has 5 aromatic heterocycles. The standard InChI is InChI=1S/C73H54N5.Ir/c1-46-48(3)77-70-23-12-10-20-62(70)67-43-50(29-36-64(67)72(77)75-46)25-27-52-40-53(28-26-51-30-37-65-68(44-51)63-21-11-13-24-71(63)78-49(4)47(2)76-73(65)78)42-58(41-52)59-18-8-9-19-60(59)61-38-35-57(69-22-14-15-39-74-69)45-66(61)56-33-31-55(32-34-56)54-16-6-5-7-17-54;/h5-24,29-34,38-45H,25-28H2,1-4H3;/q-3;+3. The number of fused-ring (bicyclic) bond motifs is 12. The molecule has 5 nitrogen and oxygen atoms in total. The maximum Gasteiger partial charge on any atom is 3.00 e. The summed E-state index contributed by atoms with van der Waals surface area (Å²) in [5.74, 6) is 0. The van der Waals surface area contributed by atoms with Crippen molar-refractivity contribution in [2.45, 2.75) is 53.4 Å². The summed E-state index contributed by atoms with van der Waals surface area (Å²) in [7, 11) is 0. The summed E-state index contributed by atoms with van der Waals surface area (Å²) in [6.45, 7) is 8.52. The maximum atomic E-state index is 5.05. The van der Waals surface area contributed by atoms with E-state index in [1.165, 1.54) is 88.5 Å². The topological polar surface area (TPSA) is 47.5 Å². The Labute approximate surface area is 474 Å². The van der Waals surface area contributed by atoms with E-state index in [0.29, 0.717) is 0 Å². The largest absolute Gasteiger partial charge is 3.00 e. The van der Waals surface area contributed by atoms with Gasteiger partial charge >= 0.3 is 20.1 Å². The van der Waals surface area contributed by atoms with Crippen molar-refractivity contribution in [1.29, 1.82) is 0 Å². The van der Waals surface area contributed by atoms with E-state index in [1.54, 1.807) is 0 Å². The first kappa shape index (κ1) is 49.8. The summed E-state index contributed by atoms with van der Waals surface area (Å²) in [5, 5.41) is 6.94. The maximum absolute atomic E-state index is 5.05. The Morgan fingerprint density at radius 3 is 1.47 bits per heavy atom. The van der Waals surface area contributed by atoms with E-state index in [0.717, 1.165) is 92.6 Å². The van der Waals surface area contributed by atoms with Gasteiger partial charge in [-0.2, -0.15) is 0 Å². The second-order valence-electron chi connectivity index (χ2n) is 20.9. The normalized spacial score (nSPS) is 11.6. The van der Waals surface area contributed by atoms with Gasteiger partial charge in [0.25, 0.3) is 0 Å². The molecule has 0 saturated heterocycles. The molecule has 0 atom stereocenters. The molecule has 0 radical (unpaired) electrons. The summed E-state index contributed by atoms with van der Waals surface area (Å²) in [5.41, 5.74) is 25.0. The molecule has 79 heavy (non-hydrogen) atoms. The molecule has 0 aliphatic carbocycles. The molecule has 0 fully saturated rings. The third-order valence-electron chi connectivity index (χ3n) is 16.2. The number of aromatic nitrogens is 5. The average Bonchev–Trinajstić information content (AvgIpc) is 4.25. The van der Waals surface area contributed by atoms with Crippen LogP contribution in [0.5, 0.6) is 0 Å². The van der Waals surface area contributed by atoms with Crippen molar-refractivity contribution in [3.05, 3.63) is 270 Å². The van der Waals surface area contributed by atoms with E-state index in [1.807, 2.05) is 18.3 Å². The van der Waals surface area contributed by atoms with Crippen molar-refractivity contribution in [1.82, 2.24) is 23.8 Å². The molecule has 0 unspecified atom stereocenters. The number of aryl methyl sites for hydroxylation is 8. The number of pyridine rings is 3. The van der Waals surface area contributed by atoms with E-state index < -0.39 is 0 Å². The second kappa shape index (κ2) is 20.5. The van der Waals surface area contributed by atoms with Gasteiger partial charge in [-0.05, 0) is 114 Å². The van der Waals surface area contributed by atoms with E-state index >= 15 is 0 Å². The van der Waals surface area contributed by atoms with E-state index in [4.69, 9.17) is 15.0 Å². The molecule has 14 aromatic rings. The van der Waals surface area contributed by atoms with Gasteiger partial charge in [0.2, 0.25) is 0 Å². The number of hydrogen-bond acceptors (Lipinski definition) is 3. The zero-order valence-corrected chi connectivity index (χ0v) is 46.9. The van der Waals surface area contributed by atoms with Crippen LogP contribution in [0.2, 0.25) is 0 Å². The third-order valence-corrected chi connectivity index (χ3v) is 16.2. The van der Waals surface area contributed by atoms with Crippen LogP contribution in [-0.4, -0.2) is 23.8 Å². The van der Waals surface area contributed by atoms with Gasteiger partial charge in [0.1, 0.15) is 0 Å². The Kier molecular flexibility index (Phi) is 12.9. The molecule has 0 aliphatic rings. The first-order chi connectivity index (χ1) is 38.3. The molecular formula is C73H54IrN5. The molecule has 0 spiro atoms. The predicted molar refractivity (Wildman–Crippen MR) is 322 cm³/mol. The monoisotopic (exact) mass is 1190 g/mol. The Morgan fingerprint density at radius 1 is 0.380 bits per heavy atom. The quantitative estimate of drug-likeness (QED) is 0.0958. The second-order valence-corrected chi connectivity index (χ2v) is 20.9. The third kappa shape index (κ3) is 8.92. The van der Waals surface area contributed by atoms with Crippen LogP contribution in [0.15, 0.2) is 206 Å². The molecule has 5 heterocycles. The summed E-state index contributed by atoms with van der Waals surface area (Å²) >= 11 is 0. The van der Waals surface area contributed by atoms with Crippen LogP contribution in [0.1, 0.15) is 45.0 Å². The molecule has 14 rings (SSSR count). The van der Waals surface area contributed by atoms with Gasteiger partial charge in [0, 0.05) is 40.0 Å². The number of para-hydroxylation sites is 2. The number of hydrogen-bond donors (Lipinski definition) is 0. The van der Waals surface area contributed by atoms with Crippen molar-refractivity contribution in [2.75, 3.05) is 0 Å². The minimum Gasteiger partial charge on any atom is -0.337 e. The molecule has 0 saturated carbocycles. The van der Waals surface area contributed by atoms with Crippen LogP contribution < -0.4 is 0 Å². The minimum absolute atomic E-state index is 0. The minimum atomic E-state index is 0. The summed E-state index contributed by atoms with van der Waals surface area (Å²) < 4.78 is 4.59. The van der Waals surface area contributed by atoms with Crippen molar-refractivity contribution in [3.8, 4) is 55.8 Å². The van der Waals surface area contributed by atoms with Gasteiger partial charge in [0.05, 0.1) is 11.3 Å². The van der Waals surface area contributed by atoms with Crippen molar-refractivity contribution < 1.29 is 20.1 Å². The van der Waals surface area contributed by atoms with Gasteiger partial charge in [-0.3, -0.25) is 9.97 Å². The summed E-state index contributed by atoms with van der Waals surface area (Å²) in [6.07, 6.45) is 5.31. The average molecular weight is 1190 g/mol. The van der Waals surface area contributed by atoms with Gasteiger partial charge in [-0.25, -0.2) is 0 Å². The number of rotatable bonds is 11. The first-order valence-electron chi connectivity index (χ1n) is 27.1. The fourth-order valence-corrected chi connectivity index (χ4v) is 12.0. The molecule has 6 heteroatoms. The Balaban J connectivity index is 0.00000591. The van der Waals surface area contributed by atoms with Gasteiger partial charge in [-0.1, -0.05) is 186 Å². The Bertz CT molecular complexity index is 4460. The zero-order valence-electron chi connectivity index (χ0n) is 44.5. The van der Waals surface area contributed by atoms with Crippen LogP contribution in [0, 0.1) is 45.9 Å². The smallest absolute Gasteiger partial charge is 0.337 e. The molecule has 0 amide bonds. The van der Waals surface area contributed by atoms with Crippen LogP contribution in [0.3, 0.4) is 0 Å². The zero-order chi connectivity index (χ0) is 52.4. The van der Waals surface area contributed by atoms with E-state index in [9.17, 15) is 0 Å². The van der Waals surface area contributed by atoms with Crippen molar-refractivity contribution in [3.63, 3.8) is 0 Å². The molecular weight excluding hydrogens is 1140 g/mol. The summed E-state index contributed by atoms with van der Waals surface area (Å²) in [6, 6.07) is 84.0. The van der Waals surface area contributed by atoms with Gasteiger partial charge in [-0.15, -0.1) is 82.1 Å². The van der Waals surface area contributed by atoms with E-state index in [2.05, 4.69) is 243 Å². The van der Waals surface area contributed by atoms with Gasteiger partial charge < -0.3 is 13.8 Å². The summed E-state index contributed by atoms with van der Waals surface area (Å²) in [4.78, 5) is 14.9. The van der Waals surface area contributed by atoms with Crippen LogP contribution in [-0.2, 0) is 45.8 Å². The van der Waals surface area contributed by atoms with Crippen molar-refractivity contribution >= 4 is 54.6 Å². The first-order valence-corrected chi connectivity index (χ1v) is 27.1. The Hall–Kier alpha value is -8.80. The Morgan fingerprint density at radius 2 is 0.886 bits per heavy atom. The van der Waals surface area contributed by atoms with E-state index in [-0.39, 0.29) is 20.1 Å². The molecule has 380 valence electrons. The number of imidazole rings is 2. The fraction of sp³-hybridized carbons (Fsp3) is 0.110. The predicted octanol–water partition coefficient (Wildman–Crippen LogP) is 17.5. The van der Waals surface area contributed by atoms with Crippen LogP contribution >= 0.6 is 0 Å².